The van der Waals surface area contributed by atoms with Crippen molar-refractivity contribution in [2.75, 3.05) is 38.0 Å². The van der Waals surface area contributed by atoms with Gasteiger partial charge in [0.2, 0.25) is 0 Å². The average molecular weight is 795 g/mol. The number of aromatic carboxylic acids is 1. The van der Waals surface area contributed by atoms with Crippen LogP contribution in [0.4, 0.5) is 10.5 Å². The first-order valence-corrected chi connectivity index (χ1v) is 21.2. The van der Waals surface area contributed by atoms with Crippen molar-refractivity contribution in [1.82, 2.24) is 15.1 Å². The smallest absolute Gasteiger partial charge is 0.339 e. The van der Waals surface area contributed by atoms with Crippen LogP contribution in [0.5, 0.6) is 5.75 Å². The number of ketones is 1. The molecule has 0 spiro atoms. The lowest BCUT2D eigenvalue weighted by atomic mass is 10.0. The number of ether oxygens (including phenoxy) is 1. The summed E-state index contributed by atoms with van der Waals surface area (Å²) in [4.78, 5) is 43.3. The van der Waals surface area contributed by atoms with Crippen molar-refractivity contribution >= 4 is 23.5 Å². The van der Waals surface area contributed by atoms with E-state index in [2.05, 4.69) is 44.7 Å². The van der Waals surface area contributed by atoms with Gasteiger partial charge in [-0.2, -0.15) is 0 Å². The minimum atomic E-state index is -1.12. The molecule has 0 saturated carbocycles. The molecule has 3 N–H and O–H groups in total. The van der Waals surface area contributed by atoms with Gasteiger partial charge in [-0.25, -0.2) is 9.59 Å². The van der Waals surface area contributed by atoms with Crippen molar-refractivity contribution in [2.45, 2.75) is 77.0 Å². The molecule has 2 amide bonds. The second kappa shape index (κ2) is 23.0. The molecule has 1 heterocycles. The van der Waals surface area contributed by atoms with Crippen LogP contribution in [0.15, 0.2) is 133 Å². The summed E-state index contributed by atoms with van der Waals surface area (Å²) in [6.45, 7) is 5.00. The number of benzene rings is 5. The van der Waals surface area contributed by atoms with Gasteiger partial charge in [0.25, 0.3) is 0 Å². The number of hydrogen-bond acceptors (Lipinski definition) is 6. The van der Waals surface area contributed by atoms with Crippen molar-refractivity contribution in [3.63, 3.8) is 0 Å². The van der Waals surface area contributed by atoms with Crippen LogP contribution in [0.25, 0.3) is 11.1 Å². The number of nitrogens with zero attached hydrogens (tertiary/aromatic N) is 2. The lowest BCUT2D eigenvalue weighted by molar-refractivity contribution is 0.0691. The summed E-state index contributed by atoms with van der Waals surface area (Å²) < 4.78 is 5.84. The highest BCUT2D eigenvalue weighted by molar-refractivity contribution is 6.01. The molecule has 1 saturated heterocycles. The maximum absolute atomic E-state index is 13.5. The van der Waals surface area contributed by atoms with E-state index in [9.17, 15) is 19.5 Å². The lowest BCUT2D eigenvalue weighted by Gasteiger charge is -2.32. The Bertz CT molecular complexity index is 2050. The van der Waals surface area contributed by atoms with E-state index in [0.717, 1.165) is 86.2 Å². The number of Topliss-reactive ketones (excluding diaryl/α,β-unsaturated/α-hetero) is 1. The van der Waals surface area contributed by atoms with E-state index >= 15 is 0 Å². The molecule has 0 bridgehead atoms. The summed E-state index contributed by atoms with van der Waals surface area (Å²) in [5, 5.41) is 16.2. The van der Waals surface area contributed by atoms with E-state index in [0.29, 0.717) is 12.1 Å². The van der Waals surface area contributed by atoms with Crippen molar-refractivity contribution in [2.24, 2.45) is 0 Å². The fourth-order valence-corrected chi connectivity index (χ4v) is 7.74. The summed E-state index contributed by atoms with van der Waals surface area (Å²) in [5.41, 5.74) is 5.34. The summed E-state index contributed by atoms with van der Waals surface area (Å²) in [7, 11) is 0. The second-order valence-electron chi connectivity index (χ2n) is 15.5. The monoisotopic (exact) mass is 794 g/mol. The van der Waals surface area contributed by atoms with Gasteiger partial charge in [-0.1, -0.05) is 141 Å². The number of carboxylic acids is 1. The Labute approximate surface area is 349 Å². The fraction of sp³-hybridized carbons (Fsp3) is 0.340. The molecule has 9 heteroatoms. The van der Waals surface area contributed by atoms with Crippen LogP contribution in [-0.4, -0.2) is 71.5 Å². The molecule has 1 aliphatic rings. The summed E-state index contributed by atoms with van der Waals surface area (Å²) in [6.07, 6.45) is 9.98. The van der Waals surface area contributed by atoms with Gasteiger partial charge in [-0.15, -0.1) is 0 Å². The first-order chi connectivity index (χ1) is 28.9. The minimum absolute atomic E-state index is 0.0121. The number of piperidine rings is 1. The number of amides is 2. The first kappa shape index (κ1) is 42.8. The Kier molecular flexibility index (Phi) is 16.7. The van der Waals surface area contributed by atoms with Gasteiger partial charge in [-0.3, -0.25) is 9.69 Å². The van der Waals surface area contributed by atoms with Gasteiger partial charge in [-0.05, 0) is 79.7 Å². The summed E-state index contributed by atoms with van der Waals surface area (Å²) >= 11 is 0. The summed E-state index contributed by atoms with van der Waals surface area (Å²) in [5.74, 6) is -0.983. The van der Waals surface area contributed by atoms with Crippen LogP contribution in [0.3, 0.4) is 0 Å². The van der Waals surface area contributed by atoms with E-state index in [1.165, 1.54) is 31.7 Å². The largest absolute Gasteiger partial charge is 0.488 e. The zero-order valence-corrected chi connectivity index (χ0v) is 34.1. The van der Waals surface area contributed by atoms with Crippen molar-refractivity contribution < 1.29 is 24.2 Å². The molecular formula is C50H58N4O5. The van der Waals surface area contributed by atoms with E-state index in [4.69, 9.17) is 4.74 Å². The van der Waals surface area contributed by atoms with Crippen LogP contribution in [0, 0.1) is 0 Å². The number of anilines is 1. The lowest BCUT2D eigenvalue weighted by Crippen LogP contribution is -2.46. The molecule has 308 valence electrons. The van der Waals surface area contributed by atoms with Crippen LogP contribution >= 0.6 is 0 Å². The number of rotatable bonds is 22. The number of unbranched alkanes of at least 4 members (excludes halogenated alkanes) is 6. The van der Waals surface area contributed by atoms with Crippen LogP contribution in [-0.2, 0) is 13.2 Å². The van der Waals surface area contributed by atoms with Gasteiger partial charge in [0.1, 0.15) is 17.9 Å². The Morgan fingerprint density at radius 1 is 0.695 bits per heavy atom. The molecule has 1 fully saturated rings. The van der Waals surface area contributed by atoms with Crippen molar-refractivity contribution in [1.29, 1.82) is 0 Å². The molecule has 0 radical (unpaired) electrons. The van der Waals surface area contributed by atoms with Crippen molar-refractivity contribution in [3.05, 3.63) is 156 Å². The standard InChI is InChI=1S/C50H58N4O5/c55-47(42-27-28-48(45(35-42)49(56)57)59-38-40-21-11-7-12-22-40)37-54(36-39-19-9-6-10-20-39)32-18-5-3-1-2-4-17-31-53-33-29-43(30-34-53)51-50(58)52-46-26-16-15-25-44(46)41-23-13-8-14-24-41/h6-16,19-28,35,43H,1-5,17-18,29-34,36-38H2,(H,56,57)(H2,51,52,58). The van der Waals surface area contributed by atoms with E-state index in [1.54, 1.807) is 12.1 Å². The molecule has 5 aromatic rings. The summed E-state index contributed by atoms with van der Waals surface area (Å²) in [6, 6.07) is 42.5. The number of nitrogens with one attached hydrogen (secondary N) is 2. The van der Waals surface area contributed by atoms with Crippen LogP contribution in [0.1, 0.15) is 89.6 Å². The molecule has 0 aromatic heterocycles. The molecule has 0 unspecified atom stereocenters. The van der Waals surface area contributed by atoms with Gasteiger partial charge >= 0.3 is 12.0 Å². The number of likely N-dealkylation sites (tertiary alicyclic amines) is 1. The molecule has 0 aliphatic carbocycles. The number of hydrogen-bond donors (Lipinski definition) is 3. The van der Waals surface area contributed by atoms with Gasteiger partial charge in [0, 0.05) is 36.8 Å². The van der Waals surface area contributed by atoms with Crippen LogP contribution in [0.2, 0.25) is 0 Å². The predicted octanol–water partition coefficient (Wildman–Crippen LogP) is 10.3. The van der Waals surface area contributed by atoms with Gasteiger partial charge in [0.15, 0.2) is 5.78 Å². The molecular weight excluding hydrogens is 737 g/mol. The highest BCUT2D eigenvalue weighted by Crippen LogP contribution is 2.28. The SMILES string of the molecule is O=C(Nc1ccccc1-c1ccccc1)NC1CCN(CCCCCCCCCN(CC(=O)c2ccc(OCc3ccccc3)c(C(=O)O)c2)Cc2ccccc2)CC1. The third-order valence-corrected chi connectivity index (χ3v) is 11.0. The first-order valence-electron chi connectivity index (χ1n) is 21.2. The number of carbonyl (C=O) groups is 3. The van der Waals surface area contributed by atoms with Crippen LogP contribution < -0.4 is 15.4 Å². The van der Waals surface area contributed by atoms with Gasteiger partial charge in [0.05, 0.1) is 12.2 Å². The van der Waals surface area contributed by atoms with E-state index in [1.807, 2.05) is 91.0 Å². The number of urea groups is 1. The average Bonchev–Trinajstić information content (AvgIpc) is 3.26. The number of para-hydroxylation sites is 1. The highest BCUT2D eigenvalue weighted by Gasteiger charge is 2.21. The molecule has 59 heavy (non-hydrogen) atoms. The maximum Gasteiger partial charge on any atom is 0.339 e. The van der Waals surface area contributed by atoms with Gasteiger partial charge < -0.3 is 25.4 Å². The van der Waals surface area contributed by atoms with E-state index < -0.39 is 5.97 Å². The minimum Gasteiger partial charge on any atom is -0.488 e. The Balaban J connectivity index is 0.862. The molecule has 1 aliphatic heterocycles. The fourth-order valence-electron chi connectivity index (χ4n) is 7.74. The Hall–Kier alpha value is -5.77. The number of carbonyl (C=O) groups excluding carboxylic acids is 2. The Morgan fingerprint density at radius 2 is 1.31 bits per heavy atom. The molecule has 0 atom stereocenters. The normalized spacial score (nSPS) is 13.2. The van der Waals surface area contributed by atoms with E-state index in [-0.39, 0.29) is 42.3 Å². The Morgan fingerprint density at radius 3 is 2.00 bits per heavy atom. The molecule has 9 nitrogen and oxygen atoms in total. The third kappa shape index (κ3) is 13.9. The third-order valence-electron chi connectivity index (χ3n) is 11.0. The zero-order valence-electron chi connectivity index (χ0n) is 34.1. The number of carboxylic acid groups (broad SMARTS) is 1. The van der Waals surface area contributed by atoms with Crippen molar-refractivity contribution in [3.8, 4) is 16.9 Å². The molecule has 5 aromatic carbocycles. The quantitative estimate of drug-likeness (QED) is 0.0473. The molecule has 6 rings (SSSR count). The maximum atomic E-state index is 13.5. The second-order valence-corrected chi connectivity index (χ2v) is 15.5. The predicted molar refractivity (Wildman–Crippen MR) is 236 cm³/mol. The zero-order chi connectivity index (χ0) is 41.1. The topological polar surface area (TPSA) is 111 Å². The highest BCUT2D eigenvalue weighted by atomic mass is 16.5.